The predicted octanol–water partition coefficient (Wildman–Crippen LogP) is 2.92. The van der Waals surface area contributed by atoms with E-state index < -0.39 is 0 Å². The molecule has 1 aromatic rings. The maximum Gasteiger partial charge on any atom is 0.191 e. The third-order valence-corrected chi connectivity index (χ3v) is 3.66. The first kappa shape index (κ1) is 12.5. The Morgan fingerprint density at radius 1 is 1.24 bits per heavy atom. The van der Waals surface area contributed by atoms with Gasteiger partial charge in [0.05, 0.1) is 0 Å². The number of thioether (sulfide) groups is 1. The summed E-state index contributed by atoms with van der Waals surface area (Å²) in [5, 5.41) is 4.23. The number of hydrogen-bond acceptors (Lipinski definition) is 5. The largest absolute Gasteiger partial charge is 0.383 e. The van der Waals surface area contributed by atoms with E-state index >= 15 is 0 Å². The molecule has 1 saturated carbocycles. The molecule has 0 saturated heterocycles. The van der Waals surface area contributed by atoms with Crippen molar-refractivity contribution in [2.45, 2.75) is 49.7 Å². The lowest BCUT2D eigenvalue weighted by molar-refractivity contribution is 0.616. The monoisotopic (exact) mass is 252 g/mol. The first-order valence-electron chi connectivity index (χ1n) is 6.23. The minimum atomic E-state index is 0.542. The van der Waals surface area contributed by atoms with Gasteiger partial charge in [-0.25, -0.2) is 9.97 Å². The van der Waals surface area contributed by atoms with Crippen LogP contribution in [0.2, 0.25) is 0 Å². The zero-order valence-electron chi connectivity index (χ0n) is 10.3. The van der Waals surface area contributed by atoms with E-state index in [0.717, 1.165) is 11.0 Å². The average molecular weight is 252 g/mol. The van der Waals surface area contributed by atoms with E-state index in [2.05, 4.69) is 15.3 Å². The highest BCUT2D eigenvalue weighted by molar-refractivity contribution is 7.98. The van der Waals surface area contributed by atoms with E-state index in [1.807, 2.05) is 12.3 Å². The predicted molar refractivity (Wildman–Crippen MR) is 73.3 cm³/mol. The fourth-order valence-electron chi connectivity index (χ4n) is 2.24. The van der Waals surface area contributed by atoms with Crippen molar-refractivity contribution in [3.8, 4) is 0 Å². The van der Waals surface area contributed by atoms with Gasteiger partial charge in [-0.05, 0) is 19.1 Å². The van der Waals surface area contributed by atoms with E-state index in [9.17, 15) is 0 Å². The maximum atomic E-state index is 5.77. The molecule has 94 valence electrons. The molecule has 0 spiro atoms. The molecule has 2 rings (SSSR count). The van der Waals surface area contributed by atoms with Gasteiger partial charge in [0, 0.05) is 12.1 Å². The van der Waals surface area contributed by atoms with Gasteiger partial charge in [-0.3, -0.25) is 0 Å². The molecular formula is C12H20N4S. The smallest absolute Gasteiger partial charge is 0.191 e. The van der Waals surface area contributed by atoms with Crippen molar-refractivity contribution in [2.24, 2.45) is 0 Å². The number of nitrogens with one attached hydrogen (secondary N) is 1. The number of anilines is 2. The Morgan fingerprint density at radius 2 is 1.94 bits per heavy atom. The third-order valence-electron chi connectivity index (χ3n) is 3.12. The van der Waals surface area contributed by atoms with Crippen LogP contribution in [0, 0.1) is 0 Å². The summed E-state index contributed by atoms with van der Waals surface area (Å²) in [5.41, 5.74) is 5.77. The highest BCUT2D eigenvalue weighted by Gasteiger charge is 2.13. The number of aromatic nitrogens is 2. The topological polar surface area (TPSA) is 63.8 Å². The summed E-state index contributed by atoms with van der Waals surface area (Å²) in [6.45, 7) is 0. The molecule has 5 heteroatoms. The van der Waals surface area contributed by atoms with Gasteiger partial charge in [0.25, 0.3) is 0 Å². The summed E-state index contributed by atoms with van der Waals surface area (Å²) in [7, 11) is 0. The Morgan fingerprint density at radius 3 is 2.59 bits per heavy atom. The quantitative estimate of drug-likeness (QED) is 0.492. The van der Waals surface area contributed by atoms with Gasteiger partial charge in [0.1, 0.15) is 11.6 Å². The fraction of sp³-hybridized carbons (Fsp3) is 0.667. The van der Waals surface area contributed by atoms with Crippen LogP contribution in [0.15, 0.2) is 11.2 Å². The van der Waals surface area contributed by atoms with Crippen LogP contribution in [0.5, 0.6) is 0 Å². The van der Waals surface area contributed by atoms with Crippen molar-refractivity contribution in [2.75, 3.05) is 17.3 Å². The van der Waals surface area contributed by atoms with Gasteiger partial charge in [0.2, 0.25) is 0 Å². The summed E-state index contributed by atoms with van der Waals surface area (Å²) >= 11 is 1.52. The average Bonchev–Trinajstić information content (AvgIpc) is 2.57. The summed E-state index contributed by atoms with van der Waals surface area (Å²) in [6.07, 6.45) is 9.78. The molecule has 0 radical (unpaired) electrons. The SMILES string of the molecule is CSc1nc(N)cc(NC2CCCCCC2)n1. The van der Waals surface area contributed by atoms with Crippen molar-refractivity contribution in [1.82, 2.24) is 9.97 Å². The molecule has 1 aromatic heterocycles. The Labute approximate surface area is 107 Å². The molecule has 0 aromatic carbocycles. The van der Waals surface area contributed by atoms with Gasteiger partial charge in [-0.1, -0.05) is 37.4 Å². The van der Waals surface area contributed by atoms with Crippen molar-refractivity contribution < 1.29 is 0 Å². The van der Waals surface area contributed by atoms with Gasteiger partial charge in [0.15, 0.2) is 5.16 Å². The second-order valence-corrected chi connectivity index (χ2v) is 5.27. The maximum absolute atomic E-state index is 5.77. The number of hydrogen-bond donors (Lipinski definition) is 2. The zero-order valence-corrected chi connectivity index (χ0v) is 11.1. The van der Waals surface area contributed by atoms with Crippen LogP contribution in [0.25, 0.3) is 0 Å². The molecular weight excluding hydrogens is 232 g/mol. The second kappa shape index (κ2) is 6.10. The van der Waals surface area contributed by atoms with Crippen LogP contribution in [-0.4, -0.2) is 22.3 Å². The van der Waals surface area contributed by atoms with Crippen LogP contribution in [-0.2, 0) is 0 Å². The summed E-state index contributed by atoms with van der Waals surface area (Å²) < 4.78 is 0. The zero-order chi connectivity index (χ0) is 12.1. The molecule has 17 heavy (non-hydrogen) atoms. The Bertz CT molecular complexity index is 362. The van der Waals surface area contributed by atoms with Crippen molar-refractivity contribution in [3.63, 3.8) is 0 Å². The molecule has 1 aliphatic carbocycles. The number of nitrogens with zero attached hydrogens (tertiary/aromatic N) is 2. The normalized spacial score (nSPS) is 17.7. The van der Waals surface area contributed by atoms with Crippen molar-refractivity contribution >= 4 is 23.4 Å². The first-order chi connectivity index (χ1) is 8.28. The lowest BCUT2D eigenvalue weighted by Gasteiger charge is -2.17. The van der Waals surface area contributed by atoms with Crippen LogP contribution in [0.3, 0.4) is 0 Å². The van der Waals surface area contributed by atoms with Gasteiger partial charge in [-0.15, -0.1) is 0 Å². The van der Waals surface area contributed by atoms with Gasteiger partial charge >= 0.3 is 0 Å². The van der Waals surface area contributed by atoms with Crippen LogP contribution >= 0.6 is 11.8 Å². The molecule has 4 nitrogen and oxygen atoms in total. The van der Waals surface area contributed by atoms with Gasteiger partial charge in [-0.2, -0.15) is 0 Å². The Kier molecular flexibility index (Phi) is 4.48. The highest BCUT2D eigenvalue weighted by Crippen LogP contribution is 2.22. The Balaban J connectivity index is 2.03. The van der Waals surface area contributed by atoms with Crippen molar-refractivity contribution in [1.29, 1.82) is 0 Å². The highest BCUT2D eigenvalue weighted by atomic mass is 32.2. The molecule has 1 aliphatic rings. The van der Waals surface area contributed by atoms with Crippen molar-refractivity contribution in [3.05, 3.63) is 6.07 Å². The Hall–Kier alpha value is -0.970. The number of nitrogens with two attached hydrogens (primary N) is 1. The summed E-state index contributed by atoms with van der Waals surface area (Å²) in [4.78, 5) is 8.59. The summed E-state index contributed by atoms with van der Waals surface area (Å²) in [5.74, 6) is 1.41. The molecule has 3 N–H and O–H groups in total. The molecule has 1 fully saturated rings. The lowest BCUT2D eigenvalue weighted by atomic mass is 10.1. The van der Waals surface area contributed by atoms with E-state index in [1.54, 1.807) is 0 Å². The van der Waals surface area contributed by atoms with E-state index in [4.69, 9.17) is 5.73 Å². The lowest BCUT2D eigenvalue weighted by Crippen LogP contribution is -2.19. The van der Waals surface area contributed by atoms with Crippen LogP contribution < -0.4 is 11.1 Å². The standard InChI is InChI=1S/C12H20N4S/c1-17-12-15-10(13)8-11(16-12)14-9-6-4-2-3-5-7-9/h8-9H,2-7H2,1H3,(H3,13,14,15,16). The minimum absolute atomic E-state index is 0.542. The van der Waals surface area contributed by atoms with Gasteiger partial charge < -0.3 is 11.1 Å². The minimum Gasteiger partial charge on any atom is -0.383 e. The van der Waals surface area contributed by atoms with Crippen LogP contribution in [0.1, 0.15) is 38.5 Å². The molecule has 1 heterocycles. The van der Waals surface area contributed by atoms with Crippen LogP contribution in [0.4, 0.5) is 11.6 Å². The van der Waals surface area contributed by atoms with E-state index in [0.29, 0.717) is 11.9 Å². The van der Waals surface area contributed by atoms with E-state index in [-0.39, 0.29) is 0 Å². The fourth-order valence-corrected chi connectivity index (χ4v) is 2.63. The summed E-state index contributed by atoms with van der Waals surface area (Å²) in [6, 6.07) is 2.37. The molecule has 0 atom stereocenters. The van der Waals surface area contributed by atoms with E-state index in [1.165, 1.54) is 50.3 Å². The second-order valence-electron chi connectivity index (χ2n) is 4.50. The number of rotatable bonds is 3. The first-order valence-corrected chi connectivity index (χ1v) is 7.45. The number of nitrogen functional groups attached to an aromatic ring is 1. The molecule has 0 unspecified atom stereocenters. The molecule has 0 amide bonds. The molecule has 0 bridgehead atoms. The third kappa shape index (κ3) is 3.77. The molecule has 0 aliphatic heterocycles.